The van der Waals surface area contributed by atoms with Crippen molar-refractivity contribution >= 4 is 50.9 Å². The smallest absolute Gasteiger partial charge is 0.233 e. The fraction of sp³-hybridized carbons (Fsp3) is 0.450. The molecule has 7 heteroatoms. The van der Waals surface area contributed by atoms with Crippen LogP contribution in [0, 0.1) is 35.5 Å². The Hall–Kier alpha value is -1.66. The van der Waals surface area contributed by atoms with Crippen LogP contribution in [0.1, 0.15) is 12.8 Å². The highest BCUT2D eigenvalue weighted by atomic mass is 79.9. The van der Waals surface area contributed by atoms with E-state index in [0.29, 0.717) is 22.5 Å². The number of anilines is 1. The minimum atomic E-state index is -0.243. The summed E-state index contributed by atoms with van der Waals surface area (Å²) in [7, 11) is 0. The zero-order valence-electron chi connectivity index (χ0n) is 14.4. The first kappa shape index (κ1) is 17.4. The standard InChI is InChI=1S/C20H18BrClN2O3/c21-14-4-1-9(7-15(14)22)23-16(25)5-6-24-19(26)17-10-2-3-11(13-8-12(10)13)18(17)20(24)27/h1-4,7,10-13,17-18H,5-6,8H2,(H,23,25)/t10-,11-,12-,13-,17-,18+/m0/s1. The van der Waals surface area contributed by atoms with E-state index < -0.39 is 0 Å². The van der Waals surface area contributed by atoms with Gasteiger partial charge in [-0.25, -0.2) is 0 Å². The number of hydrogen-bond acceptors (Lipinski definition) is 3. The Morgan fingerprint density at radius 1 is 1.15 bits per heavy atom. The first-order valence-corrected chi connectivity index (χ1v) is 10.4. The van der Waals surface area contributed by atoms with Gasteiger partial charge in [-0.2, -0.15) is 0 Å². The van der Waals surface area contributed by atoms with Gasteiger partial charge in [0, 0.05) is 23.1 Å². The second kappa shape index (κ2) is 6.17. The SMILES string of the molecule is O=C(CCN1C(=O)[C@@H]2[C@H]3C=C[C@@H]([C@@H]4C[C@@H]34)[C@@H]2C1=O)Nc1ccc(Br)c(Cl)c1. The molecular weight excluding hydrogens is 432 g/mol. The number of carbonyl (C=O) groups excluding carboxylic acids is 3. The first-order valence-electron chi connectivity index (χ1n) is 9.24. The monoisotopic (exact) mass is 448 g/mol. The van der Waals surface area contributed by atoms with Crippen molar-refractivity contribution in [1.82, 2.24) is 4.90 Å². The predicted octanol–water partition coefficient (Wildman–Crippen LogP) is 3.48. The van der Waals surface area contributed by atoms with Crippen LogP contribution < -0.4 is 5.32 Å². The lowest BCUT2D eigenvalue weighted by Crippen LogP contribution is -2.40. The zero-order chi connectivity index (χ0) is 18.9. The van der Waals surface area contributed by atoms with Gasteiger partial charge < -0.3 is 5.32 Å². The Morgan fingerprint density at radius 2 is 1.78 bits per heavy atom. The number of nitrogens with one attached hydrogen (secondary N) is 1. The van der Waals surface area contributed by atoms with Crippen molar-refractivity contribution in [3.05, 3.63) is 39.8 Å². The van der Waals surface area contributed by atoms with Crippen molar-refractivity contribution < 1.29 is 14.4 Å². The summed E-state index contributed by atoms with van der Waals surface area (Å²) in [4.78, 5) is 39.3. The molecule has 0 aromatic heterocycles. The number of rotatable bonds is 4. The summed E-state index contributed by atoms with van der Waals surface area (Å²) in [6, 6.07) is 5.15. The number of carbonyl (C=O) groups is 3. The van der Waals surface area contributed by atoms with Gasteiger partial charge in [0.1, 0.15) is 0 Å². The molecule has 0 unspecified atom stereocenters. The lowest BCUT2D eigenvalue weighted by atomic mass is 9.63. The summed E-state index contributed by atoms with van der Waals surface area (Å²) in [6.45, 7) is 0.134. The Morgan fingerprint density at radius 3 is 2.37 bits per heavy atom. The third kappa shape index (κ3) is 2.68. The van der Waals surface area contributed by atoms with Crippen LogP contribution in [0.4, 0.5) is 5.69 Å². The molecule has 1 aromatic rings. The second-order valence-corrected chi connectivity index (χ2v) is 9.17. The highest BCUT2D eigenvalue weighted by Crippen LogP contribution is 2.65. The summed E-state index contributed by atoms with van der Waals surface area (Å²) >= 11 is 9.34. The van der Waals surface area contributed by atoms with Crippen LogP contribution in [0.5, 0.6) is 0 Å². The minimum absolute atomic E-state index is 0.0836. The van der Waals surface area contributed by atoms with Crippen LogP contribution in [-0.4, -0.2) is 29.2 Å². The minimum Gasteiger partial charge on any atom is -0.326 e. The fourth-order valence-electron chi connectivity index (χ4n) is 5.25. The molecule has 1 aliphatic heterocycles. The third-order valence-electron chi connectivity index (χ3n) is 6.52. The van der Waals surface area contributed by atoms with E-state index in [1.165, 1.54) is 4.90 Å². The van der Waals surface area contributed by atoms with Crippen molar-refractivity contribution in [2.24, 2.45) is 35.5 Å². The van der Waals surface area contributed by atoms with Crippen LogP contribution >= 0.6 is 27.5 Å². The second-order valence-electron chi connectivity index (χ2n) is 7.91. The lowest BCUT2D eigenvalue weighted by Gasteiger charge is -2.37. The van der Waals surface area contributed by atoms with Crippen molar-refractivity contribution in [3.63, 3.8) is 0 Å². The summed E-state index contributed by atoms with van der Waals surface area (Å²) in [5.41, 5.74) is 0.586. The summed E-state index contributed by atoms with van der Waals surface area (Å²) in [6.07, 6.45) is 5.53. The number of halogens is 2. The number of imide groups is 1. The molecule has 27 heavy (non-hydrogen) atoms. The van der Waals surface area contributed by atoms with E-state index in [1.807, 2.05) is 0 Å². The van der Waals surface area contributed by atoms with Crippen LogP contribution in [0.3, 0.4) is 0 Å². The van der Waals surface area contributed by atoms with Crippen molar-refractivity contribution in [2.75, 3.05) is 11.9 Å². The van der Waals surface area contributed by atoms with E-state index in [-0.39, 0.29) is 54.4 Å². The van der Waals surface area contributed by atoms with Crippen molar-refractivity contribution in [3.8, 4) is 0 Å². The largest absolute Gasteiger partial charge is 0.326 e. The summed E-state index contributed by atoms with van der Waals surface area (Å²) in [5, 5.41) is 3.27. The van der Waals surface area contributed by atoms with E-state index in [0.717, 1.165) is 10.9 Å². The topological polar surface area (TPSA) is 66.5 Å². The number of hydrogen-bond donors (Lipinski definition) is 1. The van der Waals surface area contributed by atoms with Gasteiger partial charge in [0.2, 0.25) is 17.7 Å². The van der Waals surface area contributed by atoms with Crippen molar-refractivity contribution in [1.29, 1.82) is 0 Å². The molecule has 5 nitrogen and oxygen atoms in total. The third-order valence-corrected chi connectivity index (χ3v) is 7.75. The Balaban J connectivity index is 1.24. The average Bonchev–Trinajstić information content (AvgIpc) is 3.42. The van der Waals surface area contributed by atoms with E-state index in [9.17, 15) is 14.4 Å². The Kier molecular flexibility index (Phi) is 3.99. The number of amides is 3. The lowest BCUT2D eigenvalue weighted by molar-refractivity contribution is -0.140. The molecule has 0 spiro atoms. The molecule has 5 aliphatic rings. The van der Waals surface area contributed by atoms with Gasteiger partial charge >= 0.3 is 0 Å². The highest BCUT2D eigenvalue weighted by Gasteiger charge is 2.66. The zero-order valence-corrected chi connectivity index (χ0v) is 16.7. The van der Waals surface area contributed by atoms with Crippen molar-refractivity contribution in [2.45, 2.75) is 12.8 Å². The van der Waals surface area contributed by atoms with Gasteiger partial charge in [0.05, 0.1) is 16.9 Å². The van der Waals surface area contributed by atoms with E-state index in [4.69, 9.17) is 11.6 Å². The highest BCUT2D eigenvalue weighted by molar-refractivity contribution is 9.10. The molecule has 1 N–H and O–H groups in total. The molecule has 140 valence electrons. The number of likely N-dealkylation sites (tertiary alicyclic amines) is 1. The van der Waals surface area contributed by atoms with Crippen LogP contribution in [0.2, 0.25) is 5.02 Å². The van der Waals surface area contributed by atoms with Gasteiger partial charge in [-0.1, -0.05) is 23.8 Å². The molecule has 1 saturated heterocycles. The maximum absolute atomic E-state index is 12.9. The Labute approximate surface area is 170 Å². The van der Waals surface area contributed by atoms with Gasteiger partial charge in [-0.3, -0.25) is 19.3 Å². The van der Waals surface area contributed by atoms with Gasteiger partial charge in [-0.05, 0) is 64.2 Å². The predicted molar refractivity (Wildman–Crippen MR) is 104 cm³/mol. The molecule has 2 saturated carbocycles. The van der Waals surface area contributed by atoms with Crippen LogP contribution in [0.25, 0.3) is 0 Å². The Bertz CT molecular complexity index is 865. The molecule has 1 heterocycles. The molecule has 1 aromatic carbocycles. The molecule has 6 rings (SSSR count). The number of allylic oxidation sites excluding steroid dienone is 2. The van der Waals surface area contributed by atoms with Gasteiger partial charge in [0.25, 0.3) is 0 Å². The quantitative estimate of drug-likeness (QED) is 0.565. The summed E-state index contributed by atoms with van der Waals surface area (Å²) < 4.78 is 0.749. The average molecular weight is 450 g/mol. The van der Waals surface area contributed by atoms with E-state index in [1.54, 1.807) is 18.2 Å². The van der Waals surface area contributed by atoms with Crippen LogP contribution in [-0.2, 0) is 14.4 Å². The first-order chi connectivity index (χ1) is 13.0. The molecule has 6 atom stereocenters. The van der Waals surface area contributed by atoms with Gasteiger partial charge in [0.15, 0.2) is 0 Å². The molecular formula is C20H18BrClN2O3. The molecule has 3 fully saturated rings. The van der Waals surface area contributed by atoms with Gasteiger partial charge in [-0.15, -0.1) is 0 Å². The van der Waals surface area contributed by atoms with Crippen LogP contribution in [0.15, 0.2) is 34.8 Å². The maximum atomic E-state index is 12.9. The number of benzene rings is 1. The molecule has 2 bridgehead atoms. The molecule has 0 radical (unpaired) electrons. The number of nitrogens with zero attached hydrogens (tertiary/aromatic N) is 1. The normalized spacial score (nSPS) is 35.3. The van der Waals surface area contributed by atoms with E-state index >= 15 is 0 Å². The summed E-state index contributed by atoms with van der Waals surface area (Å²) in [5.74, 6) is 0.771. The maximum Gasteiger partial charge on any atom is 0.233 e. The fourth-order valence-corrected chi connectivity index (χ4v) is 5.68. The molecule has 4 aliphatic carbocycles. The van der Waals surface area contributed by atoms with E-state index in [2.05, 4.69) is 33.4 Å². The molecule has 3 amide bonds.